The van der Waals surface area contributed by atoms with E-state index in [1.165, 1.54) is 16.9 Å². The van der Waals surface area contributed by atoms with Gasteiger partial charge in [-0.3, -0.25) is 0 Å². The quantitative estimate of drug-likeness (QED) is 0.813. The number of hydrogen-bond donors (Lipinski definition) is 2. The first-order valence-electron chi connectivity index (χ1n) is 6.02. The Labute approximate surface area is 105 Å². The third-order valence-corrected chi connectivity index (χ3v) is 4.25. The number of thioether (sulfide) groups is 1. The summed E-state index contributed by atoms with van der Waals surface area (Å²) in [5.41, 5.74) is 4.82. The van der Waals surface area contributed by atoms with Crippen molar-refractivity contribution in [1.82, 2.24) is 15.3 Å². The molecule has 1 aliphatic heterocycles. The molecule has 90 valence electrons. The van der Waals surface area contributed by atoms with Gasteiger partial charge in [0.05, 0.1) is 17.1 Å². The molecule has 1 atom stereocenters. The Morgan fingerprint density at radius 3 is 3.00 bits per heavy atom. The van der Waals surface area contributed by atoms with Crippen LogP contribution in [0.1, 0.15) is 23.0 Å². The maximum absolute atomic E-state index is 4.75. The standard InChI is InChI=1S/C13H17N3S/c1-8-5-9(2)12-10(6-8)15-13(16-12)11-7-17-4-3-14-11/h5-6,11,14H,3-4,7H2,1-2H3,(H,15,16). The highest BCUT2D eigenvalue weighted by Gasteiger charge is 2.18. The number of fused-ring (bicyclic) bond motifs is 1. The number of H-pyrrole nitrogens is 1. The number of hydrogen-bond acceptors (Lipinski definition) is 3. The zero-order valence-corrected chi connectivity index (χ0v) is 11.0. The van der Waals surface area contributed by atoms with Gasteiger partial charge in [-0.15, -0.1) is 0 Å². The van der Waals surface area contributed by atoms with Crippen LogP contribution in [0.4, 0.5) is 0 Å². The molecule has 2 aromatic rings. The molecule has 2 N–H and O–H groups in total. The van der Waals surface area contributed by atoms with Crippen molar-refractivity contribution in [2.75, 3.05) is 18.1 Å². The van der Waals surface area contributed by atoms with Crippen molar-refractivity contribution in [3.05, 3.63) is 29.1 Å². The summed E-state index contributed by atoms with van der Waals surface area (Å²) in [6.45, 7) is 5.33. The molecule has 3 nitrogen and oxygen atoms in total. The van der Waals surface area contributed by atoms with Crippen LogP contribution in [0, 0.1) is 13.8 Å². The van der Waals surface area contributed by atoms with Gasteiger partial charge in [0.25, 0.3) is 0 Å². The van der Waals surface area contributed by atoms with E-state index in [0.29, 0.717) is 6.04 Å². The number of nitrogens with one attached hydrogen (secondary N) is 2. The van der Waals surface area contributed by atoms with E-state index in [-0.39, 0.29) is 0 Å². The number of aromatic nitrogens is 2. The SMILES string of the molecule is Cc1cc(C)c2nc(C3CSCCN3)[nH]c2c1. The fourth-order valence-corrected chi connectivity index (χ4v) is 3.34. The fourth-order valence-electron chi connectivity index (χ4n) is 2.40. The molecule has 0 amide bonds. The van der Waals surface area contributed by atoms with Crippen molar-refractivity contribution in [3.63, 3.8) is 0 Å². The number of benzene rings is 1. The summed E-state index contributed by atoms with van der Waals surface area (Å²) in [4.78, 5) is 8.21. The van der Waals surface area contributed by atoms with Crippen LogP contribution < -0.4 is 5.32 Å². The van der Waals surface area contributed by atoms with Crippen molar-refractivity contribution in [1.29, 1.82) is 0 Å². The van der Waals surface area contributed by atoms with Crippen molar-refractivity contribution < 1.29 is 0 Å². The van der Waals surface area contributed by atoms with Crippen LogP contribution in [0.2, 0.25) is 0 Å². The molecule has 1 fully saturated rings. The van der Waals surface area contributed by atoms with Crippen LogP contribution in [-0.4, -0.2) is 28.0 Å². The lowest BCUT2D eigenvalue weighted by atomic mass is 10.1. The highest BCUT2D eigenvalue weighted by Crippen LogP contribution is 2.24. The van der Waals surface area contributed by atoms with Crippen LogP contribution in [0.25, 0.3) is 11.0 Å². The molecule has 4 heteroatoms. The van der Waals surface area contributed by atoms with Gasteiger partial charge in [0, 0.05) is 18.1 Å². The molecule has 3 rings (SSSR count). The minimum Gasteiger partial charge on any atom is -0.341 e. The third-order valence-electron chi connectivity index (χ3n) is 3.19. The van der Waals surface area contributed by atoms with Gasteiger partial charge in [0.15, 0.2) is 0 Å². The van der Waals surface area contributed by atoms with Crippen LogP contribution in [0.5, 0.6) is 0 Å². The first kappa shape index (κ1) is 11.1. The molecule has 1 aromatic heterocycles. The third kappa shape index (κ3) is 2.07. The smallest absolute Gasteiger partial charge is 0.125 e. The minimum absolute atomic E-state index is 0.376. The highest BCUT2D eigenvalue weighted by atomic mass is 32.2. The Bertz CT molecular complexity index is 541. The summed E-state index contributed by atoms with van der Waals surface area (Å²) in [6.07, 6.45) is 0. The summed E-state index contributed by atoms with van der Waals surface area (Å²) < 4.78 is 0. The molecule has 1 aromatic carbocycles. The van der Waals surface area contributed by atoms with Crippen molar-refractivity contribution in [3.8, 4) is 0 Å². The normalized spacial score (nSPS) is 20.9. The van der Waals surface area contributed by atoms with Crippen LogP contribution in [0.15, 0.2) is 12.1 Å². The van der Waals surface area contributed by atoms with E-state index < -0.39 is 0 Å². The molecule has 1 aliphatic rings. The Hall–Kier alpha value is -1.00. The Kier molecular flexibility index (Phi) is 2.84. The molecule has 0 aliphatic carbocycles. The fraction of sp³-hybridized carbons (Fsp3) is 0.462. The maximum Gasteiger partial charge on any atom is 0.125 e. The molecule has 0 saturated carbocycles. The van der Waals surface area contributed by atoms with E-state index in [0.717, 1.165) is 29.2 Å². The van der Waals surface area contributed by atoms with Gasteiger partial charge in [0.1, 0.15) is 5.82 Å². The first-order valence-corrected chi connectivity index (χ1v) is 7.17. The van der Waals surface area contributed by atoms with Gasteiger partial charge < -0.3 is 10.3 Å². The molecule has 0 radical (unpaired) electrons. The van der Waals surface area contributed by atoms with Crippen molar-refractivity contribution in [2.24, 2.45) is 0 Å². The van der Waals surface area contributed by atoms with Gasteiger partial charge in [-0.25, -0.2) is 4.98 Å². The summed E-state index contributed by atoms with van der Waals surface area (Å²) in [7, 11) is 0. The first-order chi connectivity index (χ1) is 8.24. The van der Waals surface area contributed by atoms with Crippen LogP contribution in [0.3, 0.4) is 0 Å². The van der Waals surface area contributed by atoms with Crippen molar-refractivity contribution in [2.45, 2.75) is 19.9 Å². The molecule has 1 saturated heterocycles. The molecular formula is C13H17N3S. The lowest BCUT2D eigenvalue weighted by molar-refractivity contribution is 0.571. The van der Waals surface area contributed by atoms with E-state index in [9.17, 15) is 0 Å². The molecular weight excluding hydrogens is 230 g/mol. The van der Waals surface area contributed by atoms with E-state index in [2.05, 4.69) is 36.3 Å². The predicted molar refractivity (Wildman–Crippen MR) is 73.6 cm³/mol. The second-order valence-electron chi connectivity index (χ2n) is 4.68. The summed E-state index contributed by atoms with van der Waals surface area (Å²) in [5.74, 6) is 3.40. The predicted octanol–water partition coefficient (Wildman–Crippen LogP) is 2.56. The largest absolute Gasteiger partial charge is 0.341 e. The summed E-state index contributed by atoms with van der Waals surface area (Å²) >= 11 is 1.99. The zero-order chi connectivity index (χ0) is 11.8. The second kappa shape index (κ2) is 4.35. The van der Waals surface area contributed by atoms with E-state index in [1.54, 1.807) is 0 Å². The maximum atomic E-state index is 4.75. The number of nitrogens with zero attached hydrogens (tertiary/aromatic N) is 1. The lowest BCUT2D eigenvalue weighted by Gasteiger charge is -2.20. The van der Waals surface area contributed by atoms with Gasteiger partial charge >= 0.3 is 0 Å². The van der Waals surface area contributed by atoms with Gasteiger partial charge in [0.2, 0.25) is 0 Å². The monoisotopic (exact) mass is 247 g/mol. The number of aromatic amines is 1. The minimum atomic E-state index is 0.376. The lowest BCUT2D eigenvalue weighted by Crippen LogP contribution is -2.30. The number of imidazole rings is 1. The molecule has 17 heavy (non-hydrogen) atoms. The van der Waals surface area contributed by atoms with Gasteiger partial charge in [-0.2, -0.15) is 11.8 Å². The molecule has 1 unspecified atom stereocenters. The number of aryl methyl sites for hydroxylation is 2. The van der Waals surface area contributed by atoms with E-state index in [4.69, 9.17) is 4.98 Å². The van der Waals surface area contributed by atoms with E-state index in [1.807, 2.05) is 11.8 Å². The molecule has 0 spiro atoms. The number of rotatable bonds is 1. The topological polar surface area (TPSA) is 40.7 Å². The van der Waals surface area contributed by atoms with E-state index >= 15 is 0 Å². The Morgan fingerprint density at radius 1 is 1.35 bits per heavy atom. The zero-order valence-electron chi connectivity index (χ0n) is 10.2. The Morgan fingerprint density at radius 2 is 2.24 bits per heavy atom. The Balaban J connectivity index is 2.03. The average Bonchev–Trinajstić information content (AvgIpc) is 2.74. The van der Waals surface area contributed by atoms with Crippen LogP contribution >= 0.6 is 11.8 Å². The molecule has 0 bridgehead atoms. The highest BCUT2D eigenvalue weighted by molar-refractivity contribution is 7.99. The molecule has 2 heterocycles. The van der Waals surface area contributed by atoms with Crippen LogP contribution in [-0.2, 0) is 0 Å². The van der Waals surface area contributed by atoms with Gasteiger partial charge in [-0.05, 0) is 31.0 Å². The summed E-state index contributed by atoms with van der Waals surface area (Å²) in [5, 5.41) is 3.52. The van der Waals surface area contributed by atoms with Gasteiger partial charge in [-0.1, -0.05) is 6.07 Å². The average molecular weight is 247 g/mol. The summed E-state index contributed by atoms with van der Waals surface area (Å²) in [6, 6.07) is 4.74. The van der Waals surface area contributed by atoms with Crippen molar-refractivity contribution >= 4 is 22.8 Å². The second-order valence-corrected chi connectivity index (χ2v) is 5.83.